The van der Waals surface area contributed by atoms with Gasteiger partial charge in [0.05, 0.1) is 11.8 Å². The number of aryl methyl sites for hydroxylation is 1. The number of pyridine rings is 1. The molecule has 1 saturated heterocycles. The van der Waals surface area contributed by atoms with Crippen molar-refractivity contribution in [3.8, 4) is 0 Å². The van der Waals surface area contributed by atoms with Crippen LogP contribution >= 0.6 is 23.1 Å². The van der Waals surface area contributed by atoms with Crippen LogP contribution in [0.2, 0.25) is 0 Å². The highest BCUT2D eigenvalue weighted by atomic mass is 32.2. The Labute approximate surface area is 158 Å². The average Bonchev–Trinajstić information content (AvgIpc) is 3.31. The first-order valence-electron chi connectivity index (χ1n) is 8.49. The third kappa shape index (κ3) is 3.89. The highest BCUT2D eigenvalue weighted by Crippen LogP contribution is 2.28. The van der Waals surface area contributed by atoms with Gasteiger partial charge in [0.15, 0.2) is 4.34 Å². The number of anilines is 1. The van der Waals surface area contributed by atoms with Crippen LogP contribution in [0.15, 0.2) is 33.5 Å². The van der Waals surface area contributed by atoms with Crippen molar-refractivity contribution in [2.24, 2.45) is 0 Å². The Bertz CT molecular complexity index is 965. The van der Waals surface area contributed by atoms with E-state index in [1.807, 2.05) is 19.1 Å². The van der Waals surface area contributed by atoms with Gasteiger partial charge in [-0.2, -0.15) is 0 Å². The van der Waals surface area contributed by atoms with Crippen LogP contribution in [0.1, 0.15) is 24.1 Å². The molecule has 0 radical (unpaired) electrons. The number of rotatable bonds is 6. The fourth-order valence-corrected chi connectivity index (χ4v) is 4.52. The lowest BCUT2D eigenvalue weighted by Gasteiger charge is -2.08. The summed E-state index contributed by atoms with van der Waals surface area (Å²) in [6.45, 7) is 3.57. The van der Waals surface area contributed by atoms with Crippen LogP contribution in [0.4, 0.5) is 5.13 Å². The molecule has 1 N–H and O–H groups in total. The third-order valence-electron chi connectivity index (χ3n) is 4.19. The van der Waals surface area contributed by atoms with E-state index in [4.69, 9.17) is 4.74 Å². The molecular weight excluding hydrogens is 370 g/mol. The van der Waals surface area contributed by atoms with Gasteiger partial charge in [0, 0.05) is 31.2 Å². The molecule has 4 heterocycles. The Morgan fingerprint density at radius 2 is 2.38 bits per heavy atom. The van der Waals surface area contributed by atoms with E-state index in [0.29, 0.717) is 11.4 Å². The Balaban J connectivity index is 1.40. The summed E-state index contributed by atoms with van der Waals surface area (Å²) < 4.78 is 8.02. The Kier molecular flexibility index (Phi) is 5.18. The van der Waals surface area contributed by atoms with Gasteiger partial charge in [0.2, 0.25) is 5.13 Å². The molecule has 1 fully saturated rings. The van der Waals surface area contributed by atoms with Crippen molar-refractivity contribution < 1.29 is 4.74 Å². The lowest BCUT2D eigenvalue weighted by Crippen LogP contribution is -2.18. The molecule has 1 atom stereocenters. The summed E-state index contributed by atoms with van der Waals surface area (Å²) in [6, 6.07) is 5.39. The predicted molar refractivity (Wildman–Crippen MR) is 103 cm³/mol. The zero-order chi connectivity index (χ0) is 17.9. The fraction of sp³-hybridized carbons (Fsp3) is 0.412. The second kappa shape index (κ2) is 7.73. The molecule has 0 unspecified atom stereocenters. The monoisotopic (exact) mass is 389 g/mol. The quantitative estimate of drug-likeness (QED) is 0.649. The molecule has 0 spiro atoms. The molecule has 7 nitrogen and oxygen atoms in total. The molecule has 1 aliphatic heterocycles. The van der Waals surface area contributed by atoms with Crippen LogP contribution in [-0.2, 0) is 10.5 Å². The first-order chi connectivity index (χ1) is 12.7. The number of fused-ring (bicyclic) bond motifs is 1. The maximum atomic E-state index is 12.2. The predicted octanol–water partition coefficient (Wildman–Crippen LogP) is 2.74. The molecule has 136 valence electrons. The maximum Gasteiger partial charge on any atom is 0.258 e. The average molecular weight is 390 g/mol. The summed E-state index contributed by atoms with van der Waals surface area (Å²) in [7, 11) is 0. The minimum Gasteiger partial charge on any atom is -0.376 e. The highest BCUT2D eigenvalue weighted by molar-refractivity contribution is 8.00. The largest absolute Gasteiger partial charge is 0.376 e. The Morgan fingerprint density at radius 1 is 1.46 bits per heavy atom. The van der Waals surface area contributed by atoms with Gasteiger partial charge in [0.25, 0.3) is 5.56 Å². The number of hydrogen-bond acceptors (Lipinski definition) is 8. The van der Waals surface area contributed by atoms with Crippen LogP contribution < -0.4 is 10.9 Å². The smallest absolute Gasteiger partial charge is 0.258 e. The minimum absolute atomic E-state index is 0.0644. The van der Waals surface area contributed by atoms with Crippen LogP contribution in [0, 0.1) is 6.92 Å². The van der Waals surface area contributed by atoms with Gasteiger partial charge in [-0.3, -0.25) is 9.20 Å². The van der Waals surface area contributed by atoms with Gasteiger partial charge < -0.3 is 10.1 Å². The number of nitrogens with zero attached hydrogens (tertiary/aromatic N) is 4. The van der Waals surface area contributed by atoms with Crippen molar-refractivity contribution in [2.75, 3.05) is 18.5 Å². The summed E-state index contributed by atoms with van der Waals surface area (Å²) in [5, 5.41) is 12.4. The molecule has 0 saturated carbocycles. The third-order valence-corrected chi connectivity index (χ3v) is 6.24. The van der Waals surface area contributed by atoms with Gasteiger partial charge >= 0.3 is 0 Å². The maximum absolute atomic E-state index is 12.2. The molecule has 3 aromatic rings. The van der Waals surface area contributed by atoms with Crippen LogP contribution in [0.25, 0.3) is 5.65 Å². The lowest BCUT2D eigenvalue weighted by atomic mass is 10.2. The number of ether oxygens (including phenoxy) is 1. The second-order valence-corrected chi connectivity index (χ2v) is 8.35. The minimum atomic E-state index is -0.0644. The standard InChI is InChI=1S/C17H19N5O2S2/c1-11-4-2-6-22-14(23)8-12(19-15(11)22)10-25-17-21-20-16(26-17)18-9-13-5-3-7-24-13/h2,4,6,8,13H,3,5,7,9-10H2,1H3,(H,18,20)/t13-/m0/s1. The van der Waals surface area contributed by atoms with Gasteiger partial charge in [0.1, 0.15) is 5.65 Å². The van der Waals surface area contributed by atoms with Crippen LogP contribution in [-0.4, -0.2) is 38.8 Å². The second-order valence-electron chi connectivity index (χ2n) is 6.15. The van der Waals surface area contributed by atoms with E-state index in [1.165, 1.54) is 23.1 Å². The molecule has 4 rings (SSSR count). The zero-order valence-electron chi connectivity index (χ0n) is 14.3. The van der Waals surface area contributed by atoms with E-state index in [0.717, 1.165) is 46.7 Å². The molecule has 1 aliphatic rings. The van der Waals surface area contributed by atoms with E-state index in [2.05, 4.69) is 20.5 Å². The lowest BCUT2D eigenvalue weighted by molar-refractivity contribution is 0.120. The summed E-state index contributed by atoms with van der Waals surface area (Å²) in [4.78, 5) is 16.9. The number of aromatic nitrogens is 4. The van der Waals surface area contributed by atoms with E-state index < -0.39 is 0 Å². The number of hydrogen-bond donors (Lipinski definition) is 1. The first kappa shape index (κ1) is 17.4. The highest BCUT2D eigenvalue weighted by Gasteiger charge is 2.16. The number of nitrogens with one attached hydrogen (secondary N) is 1. The summed E-state index contributed by atoms with van der Waals surface area (Å²) in [5.41, 5.74) is 2.36. The molecule has 3 aromatic heterocycles. The normalized spacial score (nSPS) is 17.0. The van der Waals surface area contributed by atoms with Gasteiger partial charge in [-0.15, -0.1) is 10.2 Å². The van der Waals surface area contributed by atoms with E-state index in [-0.39, 0.29) is 11.7 Å². The van der Waals surface area contributed by atoms with E-state index in [1.54, 1.807) is 16.7 Å². The summed E-state index contributed by atoms with van der Waals surface area (Å²) >= 11 is 3.05. The topological polar surface area (TPSA) is 81.4 Å². The van der Waals surface area contributed by atoms with Gasteiger partial charge in [-0.1, -0.05) is 29.2 Å². The van der Waals surface area contributed by atoms with Crippen LogP contribution in [0.3, 0.4) is 0 Å². The fourth-order valence-electron chi connectivity index (χ4n) is 2.86. The van der Waals surface area contributed by atoms with E-state index >= 15 is 0 Å². The molecule has 0 amide bonds. The summed E-state index contributed by atoms with van der Waals surface area (Å²) in [6.07, 6.45) is 4.23. The number of thioether (sulfide) groups is 1. The van der Waals surface area contributed by atoms with Crippen LogP contribution in [0.5, 0.6) is 0 Å². The molecule has 9 heteroatoms. The zero-order valence-corrected chi connectivity index (χ0v) is 16.0. The first-order valence-corrected chi connectivity index (χ1v) is 10.3. The van der Waals surface area contributed by atoms with Crippen molar-refractivity contribution >= 4 is 33.9 Å². The molecular formula is C17H19N5O2S2. The van der Waals surface area contributed by atoms with Crippen molar-refractivity contribution in [1.29, 1.82) is 0 Å². The van der Waals surface area contributed by atoms with Crippen molar-refractivity contribution in [3.05, 3.63) is 46.0 Å². The van der Waals surface area contributed by atoms with Crippen molar-refractivity contribution in [3.63, 3.8) is 0 Å². The SMILES string of the molecule is Cc1cccn2c(=O)cc(CSc3nnc(NC[C@@H]4CCCO4)s3)nc12. The van der Waals surface area contributed by atoms with E-state index in [9.17, 15) is 4.79 Å². The van der Waals surface area contributed by atoms with Crippen molar-refractivity contribution in [2.45, 2.75) is 36.0 Å². The Morgan fingerprint density at radius 3 is 3.23 bits per heavy atom. The summed E-state index contributed by atoms with van der Waals surface area (Å²) in [5.74, 6) is 0.584. The molecule has 0 bridgehead atoms. The molecule has 0 aliphatic carbocycles. The Hall–Kier alpha value is -1.97. The van der Waals surface area contributed by atoms with Crippen molar-refractivity contribution in [1.82, 2.24) is 19.6 Å². The molecule has 26 heavy (non-hydrogen) atoms. The van der Waals surface area contributed by atoms with Gasteiger partial charge in [-0.05, 0) is 31.4 Å². The molecule has 0 aromatic carbocycles. The van der Waals surface area contributed by atoms with Gasteiger partial charge in [-0.25, -0.2) is 4.98 Å².